The Morgan fingerprint density at radius 3 is 3.27 bits per heavy atom. The Hall–Kier alpha value is -1.24. The number of hydrogen-bond acceptors (Lipinski definition) is 5. The molecular formula is C16H22N4OS. The molecule has 1 saturated heterocycles. The van der Waals surface area contributed by atoms with E-state index in [1.54, 1.807) is 0 Å². The van der Waals surface area contributed by atoms with Crippen LogP contribution in [0.1, 0.15) is 47.3 Å². The molecule has 0 spiro atoms. The van der Waals surface area contributed by atoms with Crippen LogP contribution in [0.25, 0.3) is 0 Å². The SMILES string of the molecule is CCn1ccnc1[C@H]1OCC[C@@H]1NCc1nc2c(s1)CCC2. The first-order chi connectivity index (χ1) is 10.8. The molecule has 4 rings (SSSR count). The lowest BCUT2D eigenvalue weighted by molar-refractivity contribution is 0.0886. The Bertz CT molecular complexity index is 629. The van der Waals surface area contributed by atoms with Crippen LogP contribution < -0.4 is 5.32 Å². The Kier molecular flexibility index (Phi) is 3.98. The summed E-state index contributed by atoms with van der Waals surface area (Å²) < 4.78 is 8.11. The number of nitrogens with zero attached hydrogens (tertiary/aromatic N) is 3. The summed E-state index contributed by atoms with van der Waals surface area (Å²) in [5.41, 5.74) is 1.34. The van der Waals surface area contributed by atoms with Crippen LogP contribution >= 0.6 is 11.3 Å². The molecule has 1 aliphatic carbocycles. The van der Waals surface area contributed by atoms with E-state index in [1.807, 2.05) is 23.7 Å². The summed E-state index contributed by atoms with van der Waals surface area (Å²) in [4.78, 5) is 10.8. The van der Waals surface area contributed by atoms with Crippen molar-refractivity contribution < 1.29 is 4.74 Å². The van der Waals surface area contributed by atoms with E-state index >= 15 is 0 Å². The molecule has 0 aromatic carbocycles. The molecule has 0 unspecified atom stereocenters. The van der Waals surface area contributed by atoms with Gasteiger partial charge in [-0.2, -0.15) is 0 Å². The molecule has 0 saturated carbocycles. The van der Waals surface area contributed by atoms with Crippen LogP contribution in [0.4, 0.5) is 0 Å². The molecule has 5 nitrogen and oxygen atoms in total. The van der Waals surface area contributed by atoms with E-state index < -0.39 is 0 Å². The predicted octanol–water partition coefficient (Wildman–Crippen LogP) is 2.47. The van der Waals surface area contributed by atoms with E-state index in [9.17, 15) is 0 Å². The van der Waals surface area contributed by atoms with Gasteiger partial charge in [-0.1, -0.05) is 0 Å². The quantitative estimate of drug-likeness (QED) is 0.920. The normalized spacial score (nSPS) is 24.0. The van der Waals surface area contributed by atoms with Gasteiger partial charge in [-0.05, 0) is 32.6 Å². The largest absolute Gasteiger partial charge is 0.369 e. The molecule has 1 aliphatic heterocycles. The molecule has 22 heavy (non-hydrogen) atoms. The van der Waals surface area contributed by atoms with Gasteiger partial charge < -0.3 is 14.6 Å². The van der Waals surface area contributed by atoms with Crippen molar-refractivity contribution in [1.82, 2.24) is 19.9 Å². The standard InChI is InChI=1S/C16H22N4OS/c1-2-20-8-7-17-16(20)15-12(6-9-21-15)18-10-14-19-11-4-3-5-13(11)22-14/h7-8,12,15,18H,2-6,9-10H2,1H3/t12-,15-/m0/s1. The molecule has 6 heteroatoms. The zero-order valence-corrected chi connectivity index (χ0v) is 13.7. The summed E-state index contributed by atoms with van der Waals surface area (Å²) >= 11 is 1.88. The Morgan fingerprint density at radius 1 is 1.45 bits per heavy atom. The summed E-state index contributed by atoms with van der Waals surface area (Å²) in [6.45, 7) is 4.71. The molecule has 0 bridgehead atoms. The lowest BCUT2D eigenvalue weighted by Gasteiger charge is -2.19. The molecule has 118 valence electrons. The van der Waals surface area contributed by atoms with Crippen LogP contribution in [0.15, 0.2) is 12.4 Å². The van der Waals surface area contributed by atoms with Gasteiger partial charge in [0.2, 0.25) is 0 Å². The lowest BCUT2D eigenvalue weighted by atomic mass is 10.1. The van der Waals surface area contributed by atoms with Gasteiger partial charge in [-0.3, -0.25) is 0 Å². The van der Waals surface area contributed by atoms with Crippen LogP contribution in [-0.2, 0) is 30.7 Å². The van der Waals surface area contributed by atoms with Gasteiger partial charge in [-0.25, -0.2) is 9.97 Å². The number of aromatic nitrogens is 3. The number of aryl methyl sites for hydroxylation is 3. The van der Waals surface area contributed by atoms with E-state index in [2.05, 4.69) is 21.8 Å². The molecule has 0 amide bonds. The second-order valence-electron chi connectivity index (χ2n) is 5.97. The number of ether oxygens (including phenoxy) is 1. The first kappa shape index (κ1) is 14.4. The van der Waals surface area contributed by atoms with Crippen LogP contribution in [0.3, 0.4) is 0 Å². The highest BCUT2D eigenvalue weighted by Gasteiger charge is 2.32. The summed E-state index contributed by atoms with van der Waals surface area (Å²) in [5, 5.41) is 4.86. The fraction of sp³-hybridized carbons (Fsp3) is 0.625. The number of hydrogen-bond donors (Lipinski definition) is 1. The fourth-order valence-corrected chi connectivity index (χ4v) is 4.54. The maximum absolute atomic E-state index is 5.94. The van der Waals surface area contributed by atoms with Crippen molar-refractivity contribution in [2.24, 2.45) is 0 Å². The summed E-state index contributed by atoms with van der Waals surface area (Å²) in [6.07, 6.45) is 8.64. The minimum atomic E-state index is 0.0572. The molecule has 2 aliphatic rings. The van der Waals surface area contributed by atoms with Crippen LogP contribution in [0.5, 0.6) is 0 Å². The number of rotatable bonds is 5. The van der Waals surface area contributed by atoms with Gasteiger partial charge in [0.05, 0.1) is 5.69 Å². The second kappa shape index (κ2) is 6.10. The molecule has 0 radical (unpaired) electrons. The molecule has 2 aromatic heterocycles. The third-order valence-electron chi connectivity index (χ3n) is 4.59. The average Bonchev–Trinajstić information content (AvgIpc) is 3.26. The Labute approximate surface area is 134 Å². The van der Waals surface area contributed by atoms with Crippen LogP contribution in [0, 0.1) is 0 Å². The van der Waals surface area contributed by atoms with Gasteiger partial charge in [0.25, 0.3) is 0 Å². The predicted molar refractivity (Wildman–Crippen MR) is 86.0 cm³/mol. The van der Waals surface area contributed by atoms with E-state index in [4.69, 9.17) is 9.72 Å². The topological polar surface area (TPSA) is 52.0 Å². The number of thiazole rings is 1. The number of fused-ring (bicyclic) bond motifs is 1. The Balaban J connectivity index is 1.43. The zero-order chi connectivity index (χ0) is 14.9. The van der Waals surface area contributed by atoms with Gasteiger partial charge >= 0.3 is 0 Å². The maximum atomic E-state index is 5.94. The van der Waals surface area contributed by atoms with E-state index in [0.29, 0.717) is 6.04 Å². The van der Waals surface area contributed by atoms with E-state index in [0.717, 1.165) is 38.4 Å². The smallest absolute Gasteiger partial charge is 0.139 e. The number of nitrogens with one attached hydrogen (secondary N) is 1. The monoisotopic (exact) mass is 318 g/mol. The minimum Gasteiger partial charge on any atom is -0.369 e. The van der Waals surface area contributed by atoms with Crippen molar-refractivity contribution in [3.05, 3.63) is 33.8 Å². The van der Waals surface area contributed by atoms with Gasteiger partial charge in [0, 0.05) is 43.0 Å². The minimum absolute atomic E-state index is 0.0572. The lowest BCUT2D eigenvalue weighted by Crippen LogP contribution is -2.32. The number of imidazole rings is 1. The van der Waals surface area contributed by atoms with Crippen molar-refractivity contribution in [2.75, 3.05) is 6.61 Å². The van der Waals surface area contributed by atoms with Crippen molar-refractivity contribution in [3.63, 3.8) is 0 Å². The first-order valence-corrected chi connectivity index (χ1v) is 9.00. The first-order valence-electron chi connectivity index (χ1n) is 8.18. The third-order valence-corrected chi connectivity index (χ3v) is 5.75. The fourth-order valence-electron chi connectivity index (χ4n) is 3.44. The highest BCUT2D eigenvalue weighted by molar-refractivity contribution is 7.11. The van der Waals surface area contributed by atoms with Crippen molar-refractivity contribution in [2.45, 2.75) is 57.8 Å². The summed E-state index contributed by atoms with van der Waals surface area (Å²) in [6, 6.07) is 0.325. The van der Waals surface area contributed by atoms with Gasteiger partial charge in [-0.15, -0.1) is 11.3 Å². The summed E-state index contributed by atoms with van der Waals surface area (Å²) in [7, 11) is 0. The van der Waals surface area contributed by atoms with Crippen molar-refractivity contribution >= 4 is 11.3 Å². The molecule has 1 N–H and O–H groups in total. The highest BCUT2D eigenvalue weighted by atomic mass is 32.1. The van der Waals surface area contributed by atoms with Gasteiger partial charge in [0.15, 0.2) is 0 Å². The van der Waals surface area contributed by atoms with E-state index in [1.165, 1.54) is 28.4 Å². The third kappa shape index (κ3) is 2.59. The highest BCUT2D eigenvalue weighted by Crippen LogP contribution is 2.30. The van der Waals surface area contributed by atoms with E-state index in [-0.39, 0.29) is 6.10 Å². The molecule has 2 aromatic rings. The maximum Gasteiger partial charge on any atom is 0.139 e. The molecule has 3 heterocycles. The zero-order valence-electron chi connectivity index (χ0n) is 12.9. The van der Waals surface area contributed by atoms with Crippen molar-refractivity contribution in [3.8, 4) is 0 Å². The molecule has 2 atom stereocenters. The molecular weight excluding hydrogens is 296 g/mol. The summed E-state index contributed by atoms with van der Waals surface area (Å²) in [5.74, 6) is 1.04. The van der Waals surface area contributed by atoms with Gasteiger partial charge in [0.1, 0.15) is 16.9 Å². The van der Waals surface area contributed by atoms with Crippen LogP contribution in [-0.4, -0.2) is 27.2 Å². The van der Waals surface area contributed by atoms with Crippen molar-refractivity contribution in [1.29, 1.82) is 0 Å². The van der Waals surface area contributed by atoms with Crippen LogP contribution in [0.2, 0.25) is 0 Å². The molecule has 1 fully saturated rings. The average molecular weight is 318 g/mol. The second-order valence-corrected chi connectivity index (χ2v) is 7.14. The Morgan fingerprint density at radius 2 is 2.41 bits per heavy atom.